The smallest absolute Gasteiger partial charge is 0.187 e. The van der Waals surface area contributed by atoms with Gasteiger partial charge in [0.15, 0.2) is 15.7 Å². The van der Waals surface area contributed by atoms with Gasteiger partial charge < -0.3 is 15.8 Å². The van der Waals surface area contributed by atoms with E-state index < -0.39 is 9.84 Å². The van der Waals surface area contributed by atoms with Gasteiger partial charge in [-0.3, -0.25) is 0 Å². The van der Waals surface area contributed by atoms with Crippen LogP contribution >= 0.6 is 11.5 Å². The van der Waals surface area contributed by atoms with Crippen LogP contribution in [0.15, 0.2) is 4.90 Å². The fraction of sp³-hybridized carbons (Fsp3) is 0.727. The molecule has 2 rings (SSSR count). The summed E-state index contributed by atoms with van der Waals surface area (Å²) in [5.74, 6) is 0.122. The summed E-state index contributed by atoms with van der Waals surface area (Å²) in [6.45, 7) is 1.40. The lowest BCUT2D eigenvalue weighted by atomic mass is 10.3. The predicted molar refractivity (Wildman–Crippen MR) is 76.3 cm³/mol. The number of rotatable bonds is 8. The minimum atomic E-state index is -3.30. The lowest BCUT2D eigenvalue weighted by Gasteiger charge is -2.07. The van der Waals surface area contributed by atoms with Crippen LogP contribution in [0.5, 0.6) is 0 Å². The third-order valence-corrected chi connectivity index (χ3v) is 6.26. The summed E-state index contributed by atoms with van der Waals surface area (Å²) in [5, 5.41) is 3.43. The van der Waals surface area contributed by atoms with Crippen LogP contribution in [-0.2, 0) is 14.6 Å². The van der Waals surface area contributed by atoms with E-state index in [-0.39, 0.29) is 16.0 Å². The maximum Gasteiger partial charge on any atom is 0.187 e. The quantitative estimate of drug-likeness (QED) is 0.707. The molecule has 0 aromatic carbocycles. The van der Waals surface area contributed by atoms with E-state index in [0.29, 0.717) is 18.2 Å². The molecule has 1 aliphatic rings. The zero-order valence-electron chi connectivity index (χ0n) is 10.9. The van der Waals surface area contributed by atoms with Crippen LogP contribution in [0.2, 0.25) is 0 Å². The van der Waals surface area contributed by atoms with Crippen LogP contribution in [-0.4, -0.2) is 38.3 Å². The first-order valence-corrected chi connectivity index (χ1v) is 8.61. The van der Waals surface area contributed by atoms with Crippen LogP contribution in [0, 0.1) is 0 Å². The van der Waals surface area contributed by atoms with Gasteiger partial charge in [0.05, 0.1) is 5.25 Å². The first-order chi connectivity index (χ1) is 9.07. The number of nitrogens with zero attached hydrogens (tertiary/aromatic N) is 1. The second kappa shape index (κ2) is 6.06. The highest BCUT2D eigenvalue weighted by Crippen LogP contribution is 2.40. The van der Waals surface area contributed by atoms with Crippen LogP contribution in [0.1, 0.15) is 25.7 Å². The lowest BCUT2D eigenvalue weighted by molar-refractivity contribution is 0.194. The highest BCUT2D eigenvalue weighted by atomic mass is 32.2. The standard InChI is InChI=1S/C11H19N3O3S2/c1-17-7-3-2-6-13-11-9(10(12)14-18-11)19(15,16)8-4-5-8/h8,13H,2-7H2,1H3,(H2,12,14). The Morgan fingerprint density at radius 1 is 1.47 bits per heavy atom. The van der Waals surface area contributed by atoms with Crippen molar-refractivity contribution < 1.29 is 13.2 Å². The number of nitrogens with two attached hydrogens (primary N) is 1. The SMILES string of the molecule is COCCCCNc1snc(N)c1S(=O)(=O)C1CC1. The molecule has 1 aromatic heterocycles. The van der Waals surface area contributed by atoms with Gasteiger partial charge in [-0.25, -0.2) is 8.42 Å². The zero-order chi connectivity index (χ0) is 13.9. The molecule has 0 bridgehead atoms. The molecule has 1 aromatic rings. The van der Waals surface area contributed by atoms with Crippen LogP contribution in [0.4, 0.5) is 10.8 Å². The second-order valence-corrected chi connectivity index (χ2v) is 7.54. The van der Waals surface area contributed by atoms with E-state index in [1.54, 1.807) is 7.11 Å². The molecule has 3 N–H and O–H groups in total. The molecule has 0 saturated heterocycles. The maximum absolute atomic E-state index is 12.3. The first kappa shape index (κ1) is 14.5. The minimum absolute atomic E-state index is 0.122. The summed E-state index contributed by atoms with van der Waals surface area (Å²) in [6, 6.07) is 0. The van der Waals surface area contributed by atoms with Crippen molar-refractivity contribution in [3.63, 3.8) is 0 Å². The summed E-state index contributed by atoms with van der Waals surface area (Å²) in [6.07, 6.45) is 3.30. The number of sulfone groups is 1. The molecule has 108 valence electrons. The Bertz CT molecular complexity index is 523. The van der Waals surface area contributed by atoms with E-state index >= 15 is 0 Å². The van der Waals surface area contributed by atoms with Gasteiger partial charge in [0.25, 0.3) is 0 Å². The van der Waals surface area contributed by atoms with E-state index in [4.69, 9.17) is 10.5 Å². The average molecular weight is 305 g/mol. The number of aromatic nitrogens is 1. The van der Waals surface area contributed by atoms with Gasteiger partial charge in [0.2, 0.25) is 0 Å². The Kier molecular flexibility index (Phi) is 4.64. The largest absolute Gasteiger partial charge is 0.385 e. The number of hydrogen-bond acceptors (Lipinski definition) is 7. The molecule has 8 heteroatoms. The minimum Gasteiger partial charge on any atom is -0.385 e. The van der Waals surface area contributed by atoms with Gasteiger partial charge >= 0.3 is 0 Å². The fourth-order valence-electron chi connectivity index (χ4n) is 1.80. The number of unbranched alkanes of at least 4 members (excludes halogenated alkanes) is 1. The first-order valence-electron chi connectivity index (χ1n) is 6.29. The molecule has 1 saturated carbocycles. The number of anilines is 2. The molecule has 0 unspecified atom stereocenters. The number of ether oxygens (including phenoxy) is 1. The van der Waals surface area contributed by atoms with Gasteiger partial charge in [-0.2, -0.15) is 4.37 Å². The van der Waals surface area contributed by atoms with E-state index in [2.05, 4.69) is 9.69 Å². The van der Waals surface area contributed by atoms with Gasteiger partial charge in [0.1, 0.15) is 9.90 Å². The topological polar surface area (TPSA) is 94.3 Å². The van der Waals surface area contributed by atoms with Crippen LogP contribution < -0.4 is 11.1 Å². The Labute approximate surface area is 117 Å². The van der Waals surface area contributed by atoms with Crippen molar-refractivity contribution in [1.29, 1.82) is 0 Å². The van der Waals surface area contributed by atoms with Crippen molar-refractivity contribution in [2.24, 2.45) is 0 Å². The molecule has 6 nitrogen and oxygen atoms in total. The molecule has 0 radical (unpaired) electrons. The third kappa shape index (κ3) is 3.37. The lowest BCUT2D eigenvalue weighted by Crippen LogP contribution is -2.12. The average Bonchev–Trinajstić information content (AvgIpc) is 3.15. The number of nitrogen functional groups attached to an aromatic ring is 1. The van der Waals surface area contributed by atoms with Crippen molar-refractivity contribution in [2.45, 2.75) is 35.8 Å². The summed E-state index contributed by atoms with van der Waals surface area (Å²) in [4.78, 5) is 0.201. The number of methoxy groups -OCH3 is 1. The predicted octanol–water partition coefficient (Wildman–Crippen LogP) is 1.50. The summed E-state index contributed by atoms with van der Waals surface area (Å²) >= 11 is 1.12. The van der Waals surface area contributed by atoms with Crippen molar-refractivity contribution in [3.8, 4) is 0 Å². The highest BCUT2D eigenvalue weighted by molar-refractivity contribution is 7.92. The number of nitrogens with one attached hydrogen (secondary N) is 1. The molecule has 1 aliphatic carbocycles. The molecular formula is C11H19N3O3S2. The van der Waals surface area contributed by atoms with Crippen LogP contribution in [0.25, 0.3) is 0 Å². The molecule has 0 aliphatic heterocycles. The Balaban J connectivity index is 2.02. The van der Waals surface area contributed by atoms with Gasteiger partial charge in [-0.1, -0.05) is 0 Å². The molecule has 1 heterocycles. The van der Waals surface area contributed by atoms with Gasteiger partial charge in [-0.15, -0.1) is 0 Å². The Morgan fingerprint density at radius 2 is 2.21 bits per heavy atom. The molecule has 0 amide bonds. The molecule has 0 atom stereocenters. The monoisotopic (exact) mass is 305 g/mol. The van der Waals surface area contributed by atoms with Gasteiger partial charge in [0, 0.05) is 20.3 Å². The van der Waals surface area contributed by atoms with Gasteiger partial charge in [-0.05, 0) is 37.2 Å². The molecular weight excluding hydrogens is 286 g/mol. The highest BCUT2D eigenvalue weighted by Gasteiger charge is 2.40. The molecule has 1 fully saturated rings. The molecule has 19 heavy (non-hydrogen) atoms. The van der Waals surface area contributed by atoms with Crippen molar-refractivity contribution >= 4 is 32.2 Å². The summed E-state index contributed by atoms with van der Waals surface area (Å²) < 4.78 is 33.4. The normalized spacial score (nSPS) is 15.6. The number of hydrogen-bond donors (Lipinski definition) is 2. The third-order valence-electron chi connectivity index (χ3n) is 2.98. The van der Waals surface area contributed by atoms with Crippen LogP contribution in [0.3, 0.4) is 0 Å². The Hall–Kier alpha value is -0.860. The van der Waals surface area contributed by atoms with Crippen molar-refractivity contribution in [2.75, 3.05) is 31.3 Å². The van der Waals surface area contributed by atoms with E-state index in [1.807, 2.05) is 0 Å². The van der Waals surface area contributed by atoms with Crippen molar-refractivity contribution in [3.05, 3.63) is 0 Å². The maximum atomic E-state index is 12.3. The Morgan fingerprint density at radius 3 is 2.84 bits per heavy atom. The summed E-state index contributed by atoms with van der Waals surface area (Å²) in [7, 11) is -1.63. The van der Waals surface area contributed by atoms with E-state index in [1.165, 1.54) is 0 Å². The van der Waals surface area contributed by atoms with E-state index in [0.717, 1.165) is 37.2 Å². The zero-order valence-corrected chi connectivity index (χ0v) is 12.5. The fourth-order valence-corrected chi connectivity index (χ4v) is 4.71. The second-order valence-electron chi connectivity index (χ2n) is 4.60. The van der Waals surface area contributed by atoms with Crippen molar-refractivity contribution in [1.82, 2.24) is 4.37 Å². The van der Waals surface area contributed by atoms with E-state index in [9.17, 15) is 8.42 Å². The molecule has 0 spiro atoms. The summed E-state index contributed by atoms with van der Waals surface area (Å²) in [5.41, 5.74) is 5.71.